The van der Waals surface area contributed by atoms with Crippen LogP contribution in [0.15, 0.2) is 45.5 Å². The molecule has 0 saturated heterocycles. The van der Waals surface area contributed by atoms with Crippen molar-refractivity contribution in [3.05, 3.63) is 46.9 Å². The second-order valence-corrected chi connectivity index (χ2v) is 3.76. The zero-order chi connectivity index (χ0) is 9.97. The smallest absolute Gasteiger partial charge is 0.223 e. The second-order valence-electron chi connectivity index (χ2n) is 2.84. The van der Waals surface area contributed by atoms with Crippen molar-refractivity contribution in [1.82, 2.24) is 4.90 Å². The minimum Gasteiger partial charge on any atom is -0.461 e. The Balaban J connectivity index is 2.15. The Morgan fingerprint density at radius 1 is 1.64 bits per heavy atom. The van der Waals surface area contributed by atoms with Gasteiger partial charge in [-0.1, -0.05) is 11.8 Å². The molecule has 0 atom stereocenters. The largest absolute Gasteiger partial charge is 0.461 e. The number of hydrogen-bond acceptors (Lipinski definition) is 4. The highest BCUT2D eigenvalue weighted by Gasteiger charge is 2.12. The molecule has 1 aromatic rings. The van der Waals surface area contributed by atoms with E-state index in [0.717, 1.165) is 5.03 Å². The van der Waals surface area contributed by atoms with Crippen LogP contribution < -0.4 is 0 Å². The summed E-state index contributed by atoms with van der Waals surface area (Å²) in [4.78, 5) is 13.5. The van der Waals surface area contributed by atoms with Crippen LogP contribution in [0.2, 0.25) is 0 Å². The summed E-state index contributed by atoms with van der Waals surface area (Å²) in [5.74, 6) is 0.270. The molecule has 1 aromatic heterocycles. The van der Waals surface area contributed by atoms with Crippen LogP contribution in [-0.4, -0.2) is 17.7 Å². The Kier molecular flexibility index (Phi) is 2.45. The topological polar surface area (TPSA) is 33.5 Å². The molecule has 2 heterocycles. The number of thioether (sulfide) groups is 1. The van der Waals surface area contributed by atoms with Gasteiger partial charge in [-0.25, -0.2) is 0 Å². The van der Waals surface area contributed by atoms with E-state index in [2.05, 4.69) is 0 Å². The van der Waals surface area contributed by atoms with Gasteiger partial charge in [0.05, 0.1) is 11.3 Å². The molecule has 0 fully saturated rings. The van der Waals surface area contributed by atoms with Crippen molar-refractivity contribution in [2.45, 2.75) is 0 Å². The molecule has 14 heavy (non-hydrogen) atoms. The summed E-state index contributed by atoms with van der Waals surface area (Å²) in [6, 6.07) is 3.36. The second kappa shape index (κ2) is 3.75. The molecule has 0 aliphatic carbocycles. The van der Waals surface area contributed by atoms with E-state index in [-0.39, 0.29) is 5.78 Å². The van der Waals surface area contributed by atoms with Crippen LogP contribution in [0.4, 0.5) is 0 Å². The molecule has 3 nitrogen and oxygen atoms in total. The van der Waals surface area contributed by atoms with Crippen molar-refractivity contribution in [3.8, 4) is 0 Å². The van der Waals surface area contributed by atoms with Crippen molar-refractivity contribution in [2.75, 3.05) is 7.05 Å². The van der Waals surface area contributed by atoms with Crippen LogP contribution in [0, 0.1) is 0 Å². The molecule has 0 bridgehead atoms. The Bertz CT molecular complexity index is 392. The van der Waals surface area contributed by atoms with Crippen molar-refractivity contribution in [3.63, 3.8) is 0 Å². The van der Waals surface area contributed by atoms with Crippen LogP contribution in [0.3, 0.4) is 0 Å². The van der Waals surface area contributed by atoms with E-state index in [4.69, 9.17) is 4.42 Å². The number of allylic oxidation sites excluding steroid dienone is 1. The van der Waals surface area contributed by atoms with Crippen LogP contribution in [0.25, 0.3) is 0 Å². The summed E-state index contributed by atoms with van der Waals surface area (Å²) in [5.41, 5.74) is 0. The molecule has 2 rings (SSSR count). The Labute approximate surface area is 86.1 Å². The highest BCUT2D eigenvalue weighted by atomic mass is 32.2. The normalized spacial score (nSPS) is 18.1. The van der Waals surface area contributed by atoms with E-state index in [9.17, 15) is 4.79 Å². The summed E-state index contributed by atoms with van der Waals surface area (Å²) in [5, 5.41) is 2.84. The summed E-state index contributed by atoms with van der Waals surface area (Å²) in [6.07, 6.45) is 4.98. The molecule has 4 heteroatoms. The number of furan rings is 1. The van der Waals surface area contributed by atoms with E-state index in [1.54, 1.807) is 18.2 Å². The van der Waals surface area contributed by atoms with Gasteiger partial charge < -0.3 is 9.32 Å². The Morgan fingerprint density at radius 3 is 3.07 bits per heavy atom. The molecule has 0 unspecified atom stereocenters. The van der Waals surface area contributed by atoms with Gasteiger partial charge in [-0.05, 0) is 17.5 Å². The van der Waals surface area contributed by atoms with Crippen molar-refractivity contribution >= 4 is 17.5 Å². The maximum Gasteiger partial charge on any atom is 0.223 e. The van der Waals surface area contributed by atoms with Crippen LogP contribution in [0.1, 0.15) is 10.6 Å². The predicted octanol–water partition coefficient (Wildman–Crippen LogP) is 2.45. The van der Waals surface area contributed by atoms with E-state index in [1.807, 2.05) is 23.6 Å². The van der Waals surface area contributed by atoms with Crippen molar-refractivity contribution < 1.29 is 9.21 Å². The monoisotopic (exact) mass is 207 g/mol. The molecule has 0 saturated carbocycles. The quantitative estimate of drug-likeness (QED) is 0.551. The lowest BCUT2D eigenvalue weighted by Crippen LogP contribution is -2.05. The van der Waals surface area contributed by atoms with Gasteiger partial charge in [-0.15, -0.1) is 0 Å². The van der Waals surface area contributed by atoms with Crippen LogP contribution >= 0.6 is 11.8 Å². The minimum atomic E-state index is -0.104. The molecule has 1 aliphatic rings. The number of carbonyl (C=O) groups excluding carboxylic acids is 1. The van der Waals surface area contributed by atoms with E-state index >= 15 is 0 Å². The van der Waals surface area contributed by atoms with Crippen molar-refractivity contribution in [2.24, 2.45) is 0 Å². The predicted molar refractivity (Wildman–Crippen MR) is 55.6 cm³/mol. The zero-order valence-corrected chi connectivity index (χ0v) is 8.45. The van der Waals surface area contributed by atoms with E-state index in [0.29, 0.717) is 5.76 Å². The fourth-order valence-electron chi connectivity index (χ4n) is 1.09. The highest BCUT2D eigenvalue weighted by molar-refractivity contribution is 8.06. The molecule has 1 aliphatic heterocycles. The summed E-state index contributed by atoms with van der Waals surface area (Å²) in [6.45, 7) is 0. The SMILES string of the molecule is CN1C=CSC1=CC(=O)c1ccco1. The zero-order valence-electron chi connectivity index (χ0n) is 7.64. The molecule has 72 valence electrons. The first-order chi connectivity index (χ1) is 6.77. The lowest BCUT2D eigenvalue weighted by atomic mass is 10.3. The number of nitrogens with zero attached hydrogens (tertiary/aromatic N) is 1. The third-order valence-corrected chi connectivity index (χ3v) is 2.74. The number of carbonyl (C=O) groups is 1. The Hall–Kier alpha value is -1.42. The fourth-order valence-corrected chi connectivity index (χ4v) is 1.87. The molecule has 0 spiro atoms. The first-order valence-electron chi connectivity index (χ1n) is 4.13. The lowest BCUT2D eigenvalue weighted by molar-refractivity contribution is 0.102. The lowest BCUT2D eigenvalue weighted by Gasteiger charge is -2.08. The minimum absolute atomic E-state index is 0.104. The van der Waals surface area contributed by atoms with Gasteiger partial charge in [0.1, 0.15) is 0 Å². The first-order valence-corrected chi connectivity index (χ1v) is 5.01. The molecule has 0 aromatic carbocycles. The van der Waals surface area contributed by atoms with Gasteiger partial charge in [-0.2, -0.15) is 0 Å². The third-order valence-electron chi connectivity index (χ3n) is 1.84. The molecule has 0 radical (unpaired) electrons. The van der Waals surface area contributed by atoms with Crippen LogP contribution in [-0.2, 0) is 0 Å². The van der Waals surface area contributed by atoms with Crippen LogP contribution in [0.5, 0.6) is 0 Å². The molecular formula is C10H9NO2S. The standard InChI is InChI=1S/C10H9NO2S/c1-11-4-6-14-10(11)7-8(12)9-3-2-5-13-9/h2-7H,1H3. The fraction of sp³-hybridized carbons (Fsp3) is 0.100. The first kappa shape index (κ1) is 9.15. The van der Waals surface area contributed by atoms with Gasteiger partial charge in [-0.3, -0.25) is 4.79 Å². The molecular weight excluding hydrogens is 198 g/mol. The average Bonchev–Trinajstić information content (AvgIpc) is 2.77. The maximum absolute atomic E-state index is 11.6. The van der Waals surface area contributed by atoms with Crippen molar-refractivity contribution in [1.29, 1.82) is 0 Å². The highest BCUT2D eigenvalue weighted by Crippen LogP contribution is 2.27. The summed E-state index contributed by atoms with van der Waals surface area (Å²) in [7, 11) is 1.90. The summed E-state index contributed by atoms with van der Waals surface area (Å²) < 4.78 is 5.00. The van der Waals surface area contributed by atoms with Gasteiger partial charge >= 0.3 is 0 Å². The van der Waals surface area contributed by atoms with Gasteiger partial charge in [0.25, 0.3) is 0 Å². The average molecular weight is 207 g/mol. The summed E-state index contributed by atoms with van der Waals surface area (Å²) >= 11 is 1.52. The number of hydrogen-bond donors (Lipinski definition) is 0. The molecule has 0 N–H and O–H groups in total. The Morgan fingerprint density at radius 2 is 2.50 bits per heavy atom. The van der Waals surface area contributed by atoms with E-state index < -0.39 is 0 Å². The van der Waals surface area contributed by atoms with Gasteiger partial charge in [0.2, 0.25) is 5.78 Å². The number of rotatable bonds is 2. The number of ketones is 1. The van der Waals surface area contributed by atoms with E-state index in [1.165, 1.54) is 18.0 Å². The van der Waals surface area contributed by atoms with Gasteiger partial charge in [0.15, 0.2) is 5.76 Å². The third kappa shape index (κ3) is 1.75. The molecule has 0 amide bonds. The maximum atomic E-state index is 11.6. The van der Waals surface area contributed by atoms with Gasteiger partial charge in [0, 0.05) is 19.3 Å².